The van der Waals surface area contributed by atoms with Gasteiger partial charge in [0.1, 0.15) is 0 Å². The van der Waals surface area contributed by atoms with E-state index in [1.165, 1.54) is 6.42 Å². The number of thiocarbonyl (C=S) groups is 1. The van der Waals surface area contributed by atoms with Crippen molar-refractivity contribution in [2.75, 3.05) is 26.7 Å². The minimum Gasteiger partial charge on any atom is -0.392 e. The van der Waals surface area contributed by atoms with Crippen LogP contribution in [0.2, 0.25) is 0 Å². The van der Waals surface area contributed by atoms with Crippen molar-refractivity contribution in [1.82, 2.24) is 10.2 Å². The Labute approximate surface area is 121 Å². The normalized spacial score (nSPS) is 27.1. The summed E-state index contributed by atoms with van der Waals surface area (Å²) in [6, 6.07) is 0. The third kappa shape index (κ3) is 3.26. The summed E-state index contributed by atoms with van der Waals surface area (Å²) in [5.74, 6) is 0.634. The zero-order valence-corrected chi connectivity index (χ0v) is 12.6. The second-order valence-electron chi connectivity index (χ2n) is 6.13. The molecule has 108 valence electrons. The van der Waals surface area contributed by atoms with Crippen molar-refractivity contribution in [2.45, 2.75) is 38.5 Å². The van der Waals surface area contributed by atoms with Crippen molar-refractivity contribution in [3.05, 3.63) is 0 Å². The van der Waals surface area contributed by atoms with Crippen molar-refractivity contribution >= 4 is 23.1 Å². The van der Waals surface area contributed by atoms with E-state index in [-0.39, 0.29) is 5.91 Å². The first-order valence-electron chi connectivity index (χ1n) is 7.31. The van der Waals surface area contributed by atoms with Gasteiger partial charge in [0.15, 0.2) is 0 Å². The number of rotatable bonds is 4. The second-order valence-corrected chi connectivity index (χ2v) is 6.57. The first-order valence-corrected chi connectivity index (χ1v) is 7.72. The summed E-state index contributed by atoms with van der Waals surface area (Å²) in [5.41, 5.74) is 5.30. The van der Waals surface area contributed by atoms with Crippen molar-refractivity contribution in [3.8, 4) is 0 Å². The van der Waals surface area contributed by atoms with Crippen molar-refractivity contribution < 1.29 is 4.79 Å². The van der Waals surface area contributed by atoms with Crippen molar-refractivity contribution in [3.63, 3.8) is 0 Å². The lowest BCUT2D eigenvalue weighted by Crippen LogP contribution is -2.51. The lowest BCUT2D eigenvalue weighted by Gasteiger charge is -2.35. The van der Waals surface area contributed by atoms with Crippen LogP contribution < -0.4 is 11.1 Å². The predicted octanol–water partition coefficient (Wildman–Crippen LogP) is 1.29. The molecule has 0 radical (unpaired) electrons. The number of carbonyl (C=O) groups is 1. The van der Waals surface area contributed by atoms with Gasteiger partial charge in [-0.05, 0) is 38.8 Å². The third-order valence-corrected chi connectivity index (χ3v) is 5.04. The smallest absolute Gasteiger partial charge is 0.233 e. The number of nitrogens with zero attached hydrogens (tertiary/aromatic N) is 1. The van der Waals surface area contributed by atoms with Crippen molar-refractivity contribution in [1.29, 1.82) is 0 Å². The first-order chi connectivity index (χ1) is 9.04. The average Bonchev–Trinajstić information content (AvgIpc) is 2.82. The molecule has 19 heavy (non-hydrogen) atoms. The summed E-state index contributed by atoms with van der Waals surface area (Å²) in [5, 5.41) is 3.10. The van der Waals surface area contributed by atoms with E-state index in [0.717, 1.165) is 51.7 Å². The first kappa shape index (κ1) is 14.7. The zero-order valence-electron chi connectivity index (χ0n) is 11.8. The van der Waals surface area contributed by atoms with Gasteiger partial charge in [0.2, 0.25) is 5.91 Å². The lowest BCUT2D eigenvalue weighted by atomic mass is 9.73. The Kier molecular flexibility index (Phi) is 4.79. The zero-order chi connectivity index (χ0) is 13.9. The maximum Gasteiger partial charge on any atom is 0.233 e. The number of hydrogen-bond donors (Lipinski definition) is 2. The molecule has 1 saturated heterocycles. The standard InChI is InChI=1S/C14H25N3OS/c1-17-8-5-11(10-17)9-16-13(18)14(12(15)19)6-3-2-4-7-14/h11H,2-10H2,1H3,(H2,15,19)(H,16,18). The molecule has 1 aliphatic heterocycles. The van der Waals surface area contributed by atoms with Gasteiger partial charge in [-0.25, -0.2) is 0 Å². The van der Waals surface area contributed by atoms with Gasteiger partial charge in [-0.1, -0.05) is 31.5 Å². The summed E-state index contributed by atoms with van der Waals surface area (Å²) in [6.45, 7) is 2.95. The van der Waals surface area contributed by atoms with Crippen LogP contribution in [0.3, 0.4) is 0 Å². The molecule has 1 amide bonds. The van der Waals surface area contributed by atoms with Crippen LogP contribution in [0.4, 0.5) is 0 Å². The predicted molar refractivity (Wildman–Crippen MR) is 80.9 cm³/mol. The Bertz CT molecular complexity index is 353. The number of likely N-dealkylation sites (tertiary alicyclic amines) is 1. The topological polar surface area (TPSA) is 58.4 Å². The van der Waals surface area contributed by atoms with Crippen LogP contribution in [0.5, 0.6) is 0 Å². The molecule has 0 bridgehead atoms. The largest absolute Gasteiger partial charge is 0.392 e. The fourth-order valence-corrected chi connectivity index (χ4v) is 3.64. The fourth-order valence-electron chi connectivity index (χ4n) is 3.34. The highest BCUT2D eigenvalue weighted by molar-refractivity contribution is 7.80. The maximum atomic E-state index is 12.5. The van der Waals surface area contributed by atoms with Gasteiger partial charge in [0, 0.05) is 13.1 Å². The summed E-state index contributed by atoms with van der Waals surface area (Å²) in [6.07, 6.45) is 6.09. The minimum atomic E-state index is -0.571. The summed E-state index contributed by atoms with van der Waals surface area (Å²) < 4.78 is 0. The second kappa shape index (κ2) is 6.18. The van der Waals surface area contributed by atoms with Gasteiger partial charge < -0.3 is 16.0 Å². The number of hydrogen-bond acceptors (Lipinski definition) is 3. The van der Waals surface area contributed by atoms with Crippen LogP contribution in [0, 0.1) is 11.3 Å². The maximum absolute atomic E-state index is 12.5. The molecule has 1 aliphatic carbocycles. The summed E-state index contributed by atoms with van der Waals surface area (Å²) in [7, 11) is 2.12. The molecular formula is C14H25N3OS. The summed E-state index contributed by atoms with van der Waals surface area (Å²) in [4.78, 5) is 15.2. The van der Waals surface area contributed by atoms with Crippen molar-refractivity contribution in [2.24, 2.45) is 17.1 Å². The number of carbonyl (C=O) groups excluding carboxylic acids is 1. The van der Waals surface area contributed by atoms with Gasteiger partial charge >= 0.3 is 0 Å². The average molecular weight is 283 g/mol. The molecule has 1 saturated carbocycles. The quantitative estimate of drug-likeness (QED) is 0.763. The Balaban J connectivity index is 1.91. The highest BCUT2D eigenvalue weighted by atomic mass is 32.1. The van der Waals surface area contributed by atoms with E-state index in [2.05, 4.69) is 17.3 Å². The molecule has 2 aliphatic rings. The Morgan fingerprint density at radius 1 is 1.42 bits per heavy atom. The van der Waals surface area contributed by atoms with E-state index in [1.807, 2.05) is 0 Å². The molecule has 1 unspecified atom stereocenters. The Morgan fingerprint density at radius 3 is 2.63 bits per heavy atom. The van der Waals surface area contributed by atoms with E-state index >= 15 is 0 Å². The van der Waals surface area contributed by atoms with Crippen LogP contribution in [-0.4, -0.2) is 42.5 Å². The number of amides is 1. The Morgan fingerprint density at radius 2 is 2.11 bits per heavy atom. The molecule has 2 fully saturated rings. The van der Waals surface area contributed by atoms with Crippen LogP contribution in [0.1, 0.15) is 38.5 Å². The van der Waals surface area contributed by atoms with E-state index in [9.17, 15) is 4.79 Å². The lowest BCUT2D eigenvalue weighted by molar-refractivity contribution is -0.129. The molecule has 0 aromatic heterocycles. The van der Waals surface area contributed by atoms with Crippen LogP contribution in [-0.2, 0) is 4.79 Å². The van der Waals surface area contributed by atoms with Crippen LogP contribution in [0.25, 0.3) is 0 Å². The van der Waals surface area contributed by atoms with Gasteiger partial charge in [0.05, 0.1) is 10.4 Å². The molecular weight excluding hydrogens is 258 g/mol. The molecule has 5 heteroatoms. The van der Waals surface area contributed by atoms with E-state index in [1.54, 1.807) is 0 Å². The SMILES string of the molecule is CN1CCC(CNC(=O)C2(C(N)=S)CCCCC2)C1. The van der Waals surface area contributed by atoms with E-state index in [0.29, 0.717) is 10.9 Å². The van der Waals surface area contributed by atoms with E-state index < -0.39 is 5.41 Å². The van der Waals surface area contributed by atoms with Crippen LogP contribution >= 0.6 is 12.2 Å². The van der Waals surface area contributed by atoms with Gasteiger partial charge in [-0.3, -0.25) is 4.79 Å². The van der Waals surface area contributed by atoms with E-state index in [4.69, 9.17) is 18.0 Å². The summed E-state index contributed by atoms with van der Waals surface area (Å²) >= 11 is 5.18. The fraction of sp³-hybridized carbons (Fsp3) is 0.857. The molecule has 3 N–H and O–H groups in total. The monoisotopic (exact) mass is 283 g/mol. The van der Waals surface area contributed by atoms with Gasteiger partial charge in [-0.2, -0.15) is 0 Å². The minimum absolute atomic E-state index is 0.0641. The highest BCUT2D eigenvalue weighted by Gasteiger charge is 2.42. The molecule has 1 heterocycles. The number of nitrogens with one attached hydrogen (secondary N) is 1. The Hall–Kier alpha value is -0.680. The molecule has 1 atom stereocenters. The molecule has 4 nitrogen and oxygen atoms in total. The third-order valence-electron chi connectivity index (χ3n) is 4.65. The van der Waals surface area contributed by atoms with Gasteiger partial charge in [0.25, 0.3) is 0 Å². The van der Waals surface area contributed by atoms with Gasteiger partial charge in [-0.15, -0.1) is 0 Å². The molecule has 0 aromatic rings. The highest BCUT2D eigenvalue weighted by Crippen LogP contribution is 2.37. The molecule has 0 spiro atoms. The molecule has 2 rings (SSSR count). The molecule has 0 aromatic carbocycles. The number of nitrogens with two attached hydrogens (primary N) is 1. The van der Waals surface area contributed by atoms with Crippen LogP contribution in [0.15, 0.2) is 0 Å².